The van der Waals surface area contributed by atoms with Gasteiger partial charge in [0.1, 0.15) is 17.9 Å². The largest absolute Gasteiger partial charge is 0.489 e. The Bertz CT molecular complexity index is 1210. The number of aryl methyl sites for hydroxylation is 1. The first-order valence-electron chi connectivity index (χ1n) is 10.5. The van der Waals surface area contributed by atoms with Gasteiger partial charge in [-0.1, -0.05) is 24.6 Å². The third kappa shape index (κ3) is 6.77. The van der Waals surface area contributed by atoms with Gasteiger partial charge in [-0.15, -0.1) is 0 Å². The summed E-state index contributed by atoms with van der Waals surface area (Å²) in [4.78, 5) is 6.60. The Balaban J connectivity index is 0.000000235. The molecule has 10 heteroatoms. The second-order valence-electron chi connectivity index (χ2n) is 8.01. The summed E-state index contributed by atoms with van der Waals surface area (Å²) < 4.78 is 53.4. The summed E-state index contributed by atoms with van der Waals surface area (Å²) in [5, 5.41) is 0. The van der Waals surface area contributed by atoms with Crippen LogP contribution in [0.5, 0.6) is 5.75 Å². The van der Waals surface area contributed by atoms with E-state index in [1.807, 2.05) is 13.0 Å². The molecule has 4 rings (SSSR count). The number of nitrogens with zero attached hydrogens (tertiary/aromatic N) is 2. The van der Waals surface area contributed by atoms with Crippen molar-refractivity contribution in [1.82, 2.24) is 4.98 Å². The Morgan fingerprint density at radius 3 is 2.64 bits per heavy atom. The van der Waals surface area contributed by atoms with Gasteiger partial charge in [-0.25, -0.2) is 4.39 Å². The van der Waals surface area contributed by atoms with Crippen LogP contribution in [-0.2, 0) is 10.1 Å². The van der Waals surface area contributed by atoms with Gasteiger partial charge in [0.25, 0.3) is 16.1 Å². The highest BCUT2D eigenvalue weighted by molar-refractivity contribution is 7.85. The molecule has 1 fully saturated rings. The first-order chi connectivity index (χ1) is 15.7. The van der Waals surface area contributed by atoms with Crippen molar-refractivity contribution >= 4 is 27.2 Å². The minimum Gasteiger partial charge on any atom is -0.489 e. The molecule has 2 heterocycles. The fraction of sp³-hybridized carbons (Fsp3) is 0.348. The normalized spacial score (nSPS) is 16.6. The van der Waals surface area contributed by atoms with Gasteiger partial charge in [0, 0.05) is 31.3 Å². The van der Waals surface area contributed by atoms with Crippen LogP contribution in [0.4, 0.5) is 10.4 Å². The molecule has 8 nitrogen and oxygen atoms in total. The van der Waals surface area contributed by atoms with E-state index in [2.05, 4.69) is 16.8 Å². The number of nitrogens with two attached hydrogens (primary N) is 1. The molecule has 0 bridgehead atoms. The average Bonchev–Trinajstić information content (AvgIpc) is 3.40. The smallest absolute Gasteiger partial charge is 0.298 e. The standard InChI is InChI=1S/C16H20FN3O2.C7H8O3S/c1-11-4-5-20(9-11)16-19-14-3-2-13(6-15(14)22-16)21-10-12(7-17)8-18;1-6-2-4-7(5-3-6)11(8,9)10/h2-3,6-7,11H,4-5,8-10,18H2,1H3;2-5H,1H3,(H,8,9,10)/b12-7+;. The van der Waals surface area contributed by atoms with Crippen LogP contribution in [0.3, 0.4) is 0 Å². The molecule has 1 aliphatic rings. The maximum Gasteiger partial charge on any atom is 0.298 e. The van der Waals surface area contributed by atoms with Gasteiger partial charge in [-0.3, -0.25) is 4.55 Å². The zero-order valence-corrected chi connectivity index (χ0v) is 19.4. The van der Waals surface area contributed by atoms with Crippen LogP contribution >= 0.6 is 0 Å². The third-order valence-electron chi connectivity index (χ3n) is 5.20. The van der Waals surface area contributed by atoms with Crippen LogP contribution in [0.15, 0.2) is 63.7 Å². The molecular formula is C23H28FN3O5S. The maximum atomic E-state index is 12.5. The number of fused-ring (bicyclic) bond motifs is 1. The summed E-state index contributed by atoms with van der Waals surface area (Å²) in [7, 11) is -4.02. The molecule has 1 aromatic heterocycles. The van der Waals surface area contributed by atoms with Crippen molar-refractivity contribution in [2.24, 2.45) is 11.7 Å². The van der Waals surface area contributed by atoms with E-state index >= 15 is 0 Å². The Kier molecular flexibility index (Phi) is 8.06. The summed E-state index contributed by atoms with van der Waals surface area (Å²) in [6, 6.07) is 12.1. The highest BCUT2D eigenvalue weighted by Gasteiger charge is 2.23. The van der Waals surface area contributed by atoms with Gasteiger partial charge in [0.15, 0.2) is 5.58 Å². The van der Waals surface area contributed by atoms with Crippen molar-refractivity contribution in [3.05, 3.63) is 59.9 Å². The molecule has 0 radical (unpaired) electrons. The summed E-state index contributed by atoms with van der Waals surface area (Å²) >= 11 is 0. The van der Waals surface area contributed by atoms with Crippen molar-refractivity contribution in [3.8, 4) is 5.75 Å². The fourth-order valence-electron chi connectivity index (χ4n) is 3.25. The second kappa shape index (κ2) is 10.8. The highest BCUT2D eigenvalue weighted by Crippen LogP contribution is 2.29. The predicted molar refractivity (Wildman–Crippen MR) is 125 cm³/mol. The topological polar surface area (TPSA) is 119 Å². The lowest BCUT2D eigenvalue weighted by molar-refractivity contribution is 0.347. The van der Waals surface area contributed by atoms with E-state index in [-0.39, 0.29) is 18.0 Å². The van der Waals surface area contributed by atoms with Crippen molar-refractivity contribution in [1.29, 1.82) is 0 Å². The van der Waals surface area contributed by atoms with E-state index < -0.39 is 10.1 Å². The molecule has 0 aliphatic carbocycles. The van der Waals surface area contributed by atoms with E-state index in [0.717, 1.165) is 30.6 Å². The summed E-state index contributed by atoms with van der Waals surface area (Å²) in [5.74, 6) is 1.27. The van der Waals surface area contributed by atoms with Crippen LogP contribution in [0.1, 0.15) is 18.9 Å². The van der Waals surface area contributed by atoms with Crippen LogP contribution in [0.25, 0.3) is 11.1 Å². The molecule has 0 spiro atoms. The fourth-order valence-corrected chi connectivity index (χ4v) is 3.73. The first kappa shape index (κ1) is 24.7. The highest BCUT2D eigenvalue weighted by atomic mass is 32.2. The molecule has 1 unspecified atom stereocenters. The molecular weight excluding hydrogens is 449 g/mol. The number of aromatic nitrogens is 1. The number of hydrogen-bond donors (Lipinski definition) is 2. The Morgan fingerprint density at radius 1 is 1.33 bits per heavy atom. The van der Waals surface area contributed by atoms with Gasteiger partial charge in [-0.2, -0.15) is 13.4 Å². The minimum absolute atomic E-state index is 0.0666. The lowest BCUT2D eigenvalue weighted by Crippen LogP contribution is -2.19. The number of hydrogen-bond acceptors (Lipinski definition) is 7. The number of rotatable bonds is 6. The number of halogens is 1. The summed E-state index contributed by atoms with van der Waals surface area (Å²) in [6.07, 6.45) is 1.64. The minimum atomic E-state index is -4.02. The molecule has 1 atom stereocenters. The Labute approximate surface area is 192 Å². The van der Waals surface area contributed by atoms with Crippen molar-refractivity contribution in [3.63, 3.8) is 0 Å². The maximum absolute atomic E-state index is 12.5. The first-order valence-corrected chi connectivity index (χ1v) is 11.9. The van der Waals surface area contributed by atoms with Gasteiger partial charge >= 0.3 is 0 Å². The van der Waals surface area contributed by atoms with E-state index in [4.69, 9.17) is 19.4 Å². The SMILES string of the molecule is CC1CCN(c2nc3ccc(OC/C(=C/F)CN)cc3o2)C1.Cc1ccc(S(=O)(=O)O)cc1. The van der Waals surface area contributed by atoms with Crippen LogP contribution in [0.2, 0.25) is 0 Å². The molecule has 3 aromatic rings. The third-order valence-corrected chi connectivity index (χ3v) is 6.07. The predicted octanol–water partition coefficient (Wildman–Crippen LogP) is 4.11. The van der Waals surface area contributed by atoms with Crippen molar-refractivity contribution < 1.29 is 26.5 Å². The molecule has 0 amide bonds. The van der Waals surface area contributed by atoms with Gasteiger partial charge < -0.3 is 19.8 Å². The lowest BCUT2D eigenvalue weighted by atomic mass is 10.2. The molecule has 0 saturated carbocycles. The zero-order valence-electron chi connectivity index (χ0n) is 18.6. The second-order valence-corrected chi connectivity index (χ2v) is 9.44. The molecule has 1 saturated heterocycles. The summed E-state index contributed by atoms with van der Waals surface area (Å²) in [5.41, 5.74) is 8.23. The molecule has 178 valence electrons. The number of ether oxygens (including phenoxy) is 1. The monoisotopic (exact) mass is 477 g/mol. The van der Waals surface area contributed by atoms with E-state index in [1.54, 1.807) is 24.3 Å². The van der Waals surface area contributed by atoms with Crippen molar-refractivity contribution in [2.45, 2.75) is 25.2 Å². The van der Waals surface area contributed by atoms with E-state index in [9.17, 15) is 12.8 Å². The summed E-state index contributed by atoms with van der Waals surface area (Å²) in [6.45, 7) is 6.27. The Morgan fingerprint density at radius 2 is 2.06 bits per heavy atom. The average molecular weight is 478 g/mol. The molecule has 1 aliphatic heterocycles. The number of anilines is 1. The van der Waals surface area contributed by atoms with Gasteiger partial charge in [-0.05, 0) is 43.5 Å². The van der Waals surface area contributed by atoms with E-state index in [1.165, 1.54) is 12.1 Å². The number of benzene rings is 2. The van der Waals surface area contributed by atoms with Gasteiger partial charge in [0.2, 0.25) is 0 Å². The molecule has 2 aromatic carbocycles. The van der Waals surface area contributed by atoms with Crippen LogP contribution in [0, 0.1) is 12.8 Å². The van der Waals surface area contributed by atoms with Crippen molar-refractivity contribution in [2.75, 3.05) is 31.1 Å². The van der Waals surface area contributed by atoms with Crippen LogP contribution < -0.4 is 15.4 Å². The molecule has 33 heavy (non-hydrogen) atoms. The quantitative estimate of drug-likeness (QED) is 0.509. The number of oxazole rings is 1. The van der Waals surface area contributed by atoms with E-state index in [0.29, 0.717) is 35.2 Å². The molecule has 3 N–H and O–H groups in total. The lowest BCUT2D eigenvalue weighted by Gasteiger charge is -2.11. The Hall–Kier alpha value is -2.95. The zero-order chi connectivity index (χ0) is 24.0. The van der Waals surface area contributed by atoms with Gasteiger partial charge in [0.05, 0.1) is 11.2 Å². The van der Waals surface area contributed by atoms with Crippen LogP contribution in [-0.4, -0.2) is 44.2 Å².